The van der Waals surface area contributed by atoms with Crippen LogP contribution in [0.15, 0.2) is 0 Å². The molecule has 0 aromatic carbocycles. The number of methoxy groups -OCH3 is 1. The third kappa shape index (κ3) is 3.25. The molecule has 0 radical (unpaired) electrons. The van der Waals surface area contributed by atoms with E-state index in [0.29, 0.717) is 16.3 Å². The number of hydrogen-bond donors (Lipinski definition) is 1. The zero-order chi connectivity index (χ0) is 15.6. The first-order chi connectivity index (χ1) is 9.90. The van der Waals surface area contributed by atoms with Crippen molar-refractivity contribution >= 4 is 22.0 Å². The Bertz CT molecular complexity index is 550. The standard InChI is InChI=1S/C15H23N3O2S/c1-10(2)20-13-12(17)11(8-16)21-14(13)18-7-5-6-15(3,9-18)19-4/h10H,5-7,9,17H2,1-4H3. The lowest BCUT2D eigenvalue weighted by Gasteiger charge is -2.40. The molecule has 1 aliphatic rings. The molecular weight excluding hydrogens is 286 g/mol. The first kappa shape index (κ1) is 15.9. The van der Waals surface area contributed by atoms with Gasteiger partial charge in [0.2, 0.25) is 0 Å². The number of nitrogens with zero attached hydrogens (tertiary/aromatic N) is 2. The Morgan fingerprint density at radius 1 is 1.48 bits per heavy atom. The van der Waals surface area contributed by atoms with Crippen molar-refractivity contribution in [3.8, 4) is 11.8 Å². The van der Waals surface area contributed by atoms with Crippen LogP contribution in [0.5, 0.6) is 5.75 Å². The molecule has 1 aliphatic heterocycles. The number of rotatable bonds is 4. The molecule has 1 unspecified atom stereocenters. The molecule has 2 N–H and O–H groups in total. The lowest BCUT2D eigenvalue weighted by atomic mass is 9.95. The van der Waals surface area contributed by atoms with Crippen molar-refractivity contribution in [3.05, 3.63) is 4.88 Å². The molecule has 2 heterocycles. The Labute approximate surface area is 130 Å². The molecule has 1 saturated heterocycles. The first-order valence-electron chi connectivity index (χ1n) is 7.19. The van der Waals surface area contributed by atoms with Crippen LogP contribution in [-0.4, -0.2) is 31.9 Å². The molecule has 0 saturated carbocycles. The minimum absolute atomic E-state index is 0.0193. The van der Waals surface area contributed by atoms with Gasteiger partial charge in [0.1, 0.15) is 21.6 Å². The number of thiophene rings is 1. The van der Waals surface area contributed by atoms with Crippen LogP contribution in [0.1, 0.15) is 38.5 Å². The average molecular weight is 309 g/mol. The van der Waals surface area contributed by atoms with Gasteiger partial charge >= 0.3 is 0 Å². The second-order valence-corrected chi connectivity index (χ2v) is 6.94. The van der Waals surface area contributed by atoms with E-state index < -0.39 is 0 Å². The Kier molecular flexibility index (Phi) is 4.64. The van der Waals surface area contributed by atoms with Crippen molar-refractivity contribution in [2.45, 2.75) is 45.3 Å². The number of piperidine rings is 1. The second-order valence-electron chi connectivity index (χ2n) is 5.94. The molecule has 116 valence electrons. The van der Waals surface area contributed by atoms with E-state index in [1.807, 2.05) is 13.8 Å². The summed E-state index contributed by atoms with van der Waals surface area (Å²) in [6.45, 7) is 7.75. The largest absolute Gasteiger partial charge is 0.486 e. The van der Waals surface area contributed by atoms with Crippen LogP contribution in [0.2, 0.25) is 0 Å². The van der Waals surface area contributed by atoms with Gasteiger partial charge in [-0.1, -0.05) is 0 Å². The number of nitrogens with two attached hydrogens (primary N) is 1. The highest BCUT2D eigenvalue weighted by Gasteiger charge is 2.34. The third-order valence-electron chi connectivity index (χ3n) is 3.78. The molecule has 21 heavy (non-hydrogen) atoms. The quantitative estimate of drug-likeness (QED) is 0.925. The predicted molar refractivity (Wildman–Crippen MR) is 86.1 cm³/mol. The summed E-state index contributed by atoms with van der Waals surface area (Å²) < 4.78 is 11.5. The summed E-state index contributed by atoms with van der Waals surface area (Å²) in [7, 11) is 1.75. The molecule has 2 rings (SSSR count). The van der Waals surface area contributed by atoms with Crippen LogP contribution in [-0.2, 0) is 4.74 Å². The summed E-state index contributed by atoms with van der Waals surface area (Å²) in [4.78, 5) is 2.75. The van der Waals surface area contributed by atoms with Gasteiger partial charge < -0.3 is 20.1 Å². The third-order valence-corrected chi connectivity index (χ3v) is 4.93. The van der Waals surface area contributed by atoms with Gasteiger partial charge in [0.05, 0.1) is 11.7 Å². The normalized spacial score (nSPS) is 22.4. The lowest BCUT2D eigenvalue weighted by molar-refractivity contribution is -0.00461. The second kappa shape index (κ2) is 6.12. The molecule has 1 atom stereocenters. The van der Waals surface area contributed by atoms with Crippen LogP contribution in [0, 0.1) is 11.3 Å². The minimum atomic E-state index is -0.168. The number of nitriles is 1. The zero-order valence-corrected chi connectivity index (χ0v) is 13.9. The van der Waals surface area contributed by atoms with E-state index in [0.717, 1.165) is 30.9 Å². The Hall–Kier alpha value is -1.45. The van der Waals surface area contributed by atoms with Crippen LogP contribution >= 0.6 is 11.3 Å². The Morgan fingerprint density at radius 2 is 2.19 bits per heavy atom. The summed E-state index contributed by atoms with van der Waals surface area (Å²) in [6, 6.07) is 2.16. The average Bonchev–Trinajstić information content (AvgIpc) is 2.75. The van der Waals surface area contributed by atoms with Crippen molar-refractivity contribution in [1.29, 1.82) is 5.26 Å². The van der Waals surface area contributed by atoms with Gasteiger partial charge in [0, 0.05) is 20.2 Å². The SMILES string of the molecule is COC1(C)CCCN(c2sc(C#N)c(N)c2OC(C)C)C1. The van der Waals surface area contributed by atoms with Crippen molar-refractivity contribution in [3.63, 3.8) is 0 Å². The summed E-state index contributed by atoms with van der Waals surface area (Å²) in [5.41, 5.74) is 6.36. The maximum Gasteiger partial charge on any atom is 0.178 e. The van der Waals surface area contributed by atoms with Crippen molar-refractivity contribution in [2.75, 3.05) is 30.8 Å². The van der Waals surface area contributed by atoms with Gasteiger partial charge in [0.15, 0.2) is 5.75 Å². The van der Waals surface area contributed by atoms with E-state index in [1.54, 1.807) is 7.11 Å². The van der Waals surface area contributed by atoms with Crippen molar-refractivity contribution in [1.82, 2.24) is 0 Å². The van der Waals surface area contributed by atoms with Gasteiger partial charge in [0.25, 0.3) is 0 Å². The van der Waals surface area contributed by atoms with Crippen LogP contribution in [0.4, 0.5) is 10.7 Å². The van der Waals surface area contributed by atoms with Crippen molar-refractivity contribution in [2.24, 2.45) is 0 Å². The molecule has 6 heteroatoms. The van der Waals surface area contributed by atoms with E-state index >= 15 is 0 Å². The maximum atomic E-state index is 9.22. The molecule has 1 fully saturated rings. The monoisotopic (exact) mass is 309 g/mol. The number of anilines is 2. The topological polar surface area (TPSA) is 71.5 Å². The summed E-state index contributed by atoms with van der Waals surface area (Å²) in [6.07, 6.45) is 2.10. The highest BCUT2D eigenvalue weighted by molar-refractivity contribution is 7.17. The van der Waals surface area contributed by atoms with E-state index in [1.165, 1.54) is 11.3 Å². The number of nitrogen functional groups attached to an aromatic ring is 1. The van der Waals surface area contributed by atoms with Gasteiger partial charge in [-0.15, -0.1) is 11.3 Å². The minimum Gasteiger partial charge on any atom is -0.486 e. The van der Waals surface area contributed by atoms with Gasteiger partial charge in [-0.05, 0) is 33.6 Å². The number of ether oxygens (including phenoxy) is 2. The van der Waals surface area contributed by atoms with E-state index in [-0.39, 0.29) is 11.7 Å². The highest BCUT2D eigenvalue weighted by Crippen LogP contribution is 2.46. The van der Waals surface area contributed by atoms with Gasteiger partial charge in [-0.25, -0.2) is 0 Å². The van der Waals surface area contributed by atoms with E-state index in [4.69, 9.17) is 15.2 Å². The molecule has 1 aromatic rings. The smallest absolute Gasteiger partial charge is 0.178 e. The molecule has 0 aliphatic carbocycles. The lowest BCUT2D eigenvalue weighted by Crippen LogP contribution is -2.47. The molecule has 0 bridgehead atoms. The molecule has 0 spiro atoms. The molecule has 0 amide bonds. The fourth-order valence-electron chi connectivity index (χ4n) is 2.60. The fraction of sp³-hybridized carbons (Fsp3) is 0.667. The summed E-state index contributed by atoms with van der Waals surface area (Å²) in [5.74, 6) is 0.645. The fourth-order valence-corrected chi connectivity index (χ4v) is 3.58. The predicted octanol–water partition coefficient (Wildman–Crippen LogP) is 2.99. The maximum absolute atomic E-state index is 9.22. The van der Waals surface area contributed by atoms with E-state index in [2.05, 4.69) is 17.9 Å². The van der Waals surface area contributed by atoms with Crippen LogP contribution in [0.25, 0.3) is 0 Å². The molecule has 5 nitrogen and oxygen atoms in total. The summed E-state index contributed by atoms with van der Waals surface area (Å²) >= 11 is 1.41. The number of hydrogen-bond acceptors (Lipinski definition) is 6. The van der Waals surface area contributed by atoms with Gasteiger partial charge in [-0.2, -0.15) is 5.26 Å². The highest BCUT2D eigenvalue weighted by atomic mass is 32.1. The van der Waals surface area contributed by atoms with Crippen molar-refractivity contribution < 1.29 is 9.47 Å². The zero-order valence-electron chi connectivity index (χ0n) is 13.1. The van der Waals surface area contributed by atoms with Crippen LogP contribution < -0.4 is 15.4 Å². The van der Waals surface area contributed by atoms with Crippen LogP contribution in [0.3, 0.4) is 0 Å². The Morgan fingerprint density at radius 3 is 2.76 bits per heavy atom. The molecule has 1 aromatic heterocycles. The van der Waals surface area contributed by atoms with E-state index in [9.17, 15) is 5.26 Å². The first-order valence-corrected chi connectivity index (χ1v) is 8.01. The van der Waals surface area contributed by atoms with Gasteiger partial charge in [-0.3, -0.25) is 0 Å². The molecular formula is C15H23N3O2S. The Balaban J connectivity index is 2.36. The summed E-state index contributed by atoms with van der Waals surface area (Å²) in [5, 5.41) is 10.2.